The van der Waals surface area contributed by atoms with Crippen LogP contribution in [0.3, 0.4) is 0 Å². The molecule has 0 aromatic carbocycles. The Morgan fingerprint density at radius 2 is 2.23 bits per heavy atom. The standard InChI is InChI=1S/C11H24N2/c1-3-7-13-8-5-6-11(10-13)9-12-4-2/h11-12H,3-10H2,1-2H3. The molecule has 1 rings (SSSR count). The normalized spacial score (nSPS) is 24.9. The second-order valence-electron chi connectivity index (χ2n) is 4.12. The van der Waals surface area contributed by atoms with Gasteiger partial charge in [0.1, 0.15) is 0 Å². The van der Waals surface area contributed by atoms with Crippen LogP contribution in [-0.4, -0.2) is 37.6 Å². The quantitative estimate of drug-likeness (QED) is 0.700. The summed E-state index contributed by atoms with van der Waals surface area (Å²) in [6.07, 6.45) is 4.12. The van der Waals surface area contributed by atoms with Crippen LogP contribution in [0.5, 0.6) is 0 Å². The van der Waals surface area contributed by atoms with Crippen LogP contribution in [0.4, 0.5) is 0 Å². The maximum atomic E-state index is 3.45. The van der Waals surface area contributed by atoms with Gasteiger partial charge < -0.3 is 10.2 Å². The lowest BCUT2D eigenvalue weighted by Crippen LogP contribution is -2.39. The van der Waals surface area contributed by atoms with Gasteiger partial charge in [0.15, 0.2) is 0 Å². The summed E-state index contributed by atoms with van der Waals surface area (Å²) in [4.78, 5) is 2.62. The van der Waals surface area contributed by atoms with E-state index in [0.29, 0.717) is 0 Å². The van der Waals surface area contributed by atoms with Crippen molar-refractivity contribution in [1.82, 2.24) is 10.2 Å². The van der Waals surface area contributed by atoms with E-state index in [9.17, 15) is 0 Å². The molecule has 1 N–H and O–H groups in total. The molecule has 13 heavy (non-hydrogen) atoms. The zero-order valence-electron chi connectivity index (χ0n) is 9.18. The van der Waals surface area contributed by atoms with Gasteiger partial charge in [-0.1, -0.05) is 13.8 Å². The zero-order valence-corrected chi connectivity index (χ0v) is 9.18. The molecule has 1 saturated heterocycles. The van der Waals surface area contributed by atoms with E-state index in [-0.39, 0.29) is 0 Å². The molecule has 0 amide bonds. The van der Waals surface area contributed by atoms with Gasteiger partial charge >= 0.3 is 0 Å². The average Bonchev–Trinajstić information content (AvgIpc) is 2.16. The van der Waals surface area contributed by atoms with Gasteiger partial charge in [0, 0.05) is 6.54 Å². The summed E-state index contributed by atoms with van der Waals surface area (Å²) in [5.74, 6) is 0.903. The van der Waals surface area contributed by atoms with Gasteiger partial charge in [-0.25, -0.2) is 0 Å². The number of piperidine rings is 1. The molecular formula is C11H24N2. The predicted octanol–water partition coefficient (Wildman–Crippen LogP) is 1.72. The lowest BCUT2D eigenvalue weighted by molar-refractivity contribution is 0.173. The molecule has 0 bridgehead atoms. The average molecular weight is 184 g/mol. The second kappa shape index (κ2) is 6.39. The third kappa shape index (κ3) is 4.10. The zero-order chi connectivity index (χ0) is 9.52. The SMILES string of the molecule is CCCN1CCCC(CNCC)C1. The van der Waals surface area contributed by atoms with Crippen LogP contribution in [0.25, 0.3) is 0 Å². The molecule has 1 atom stereocenters. The number of nitrogens with one attached hydrogen (secondary N) is 1. The first-order valence-corrected chi connectivity index (χ1v) is 5.79. The van der Waals surface area contributed by atoms with E-state index < -0.39 is 0 Å². The van der Waals surface area contributed by atoms with Gasteiger partial charge in [-0.3, -0.25) is 0 Å². The van der Waals surface area contributed by atoms with Crippen molar-refractivity contribution >= 4 is 0 Å². The fourth-order valence-electron chi connectivity index (χ4n) is 2.19. The summed E-state index contributed by atoms with van der Waals surface area (Å²) in [6.45, 7) is 10.7. The van der Waals surface area contributed by atoms with Crippen LogP contribution in [0, 0.1) is 5.92 Å². The fourth-order valence-corrected chi connectivity index (χ4v) is 2.19. The highest BCUT2D eigenvalue weighted by atomic mass is 15.1. The van der Waals surface area contributed by atoms with E-state index in [1.807, 2.05) is 0 Å². The van der Waals surface area contributed by atoms with Crippen LogP contribution in [0.15, 0.2) is 0 Å². The maximum Gasteiger partial charge on any atom is 0.00218 e. The lowest BCUT2D eigenvalue weighted by atomic mass is 9.98. The minimum atomic E-state index is 0.903. The van der Waals surface area contributed by atoms with Crippen LogP contribution >= 0.6 is 0 Å². The number of rotatable bonds is 5. The van der Waals surface area contributed by atoms with Crippen molar-refractivity contribution in [3.8, 4) is 0 Å². The molecule has 0 spiro atoms. The molecule has 0 aliphatic carbocycles. The molecule has 2 heteroatoms. The first-order chi connectivity index (χ1) is 6.36. The summed E-state index contributed by atoms with van der Waals surface area (Å²) in [5, 5.41) is 3.45. The van der Waals surface area contributed by atoms with Gasteiger partial charge in [-0.05, 0) is 51.4 Å². The van der Waals surface area contributed by atoms with Gasteiger partial charge in [0.25, 0.3) is 0 Å². The van der Waals surface area contributed by atoms with Crippen molar-refractivity contribution in [1.29, 1.82) is 0 Å². The molecule has 0 saturated carbocycles. The Balaban J connectivity index is 2.16. The number of hydrogen-bond donors (Lipinski definition) is 1. The van der Waals surface area contributed by atoms with Crippen molar-refractivity contribution in [2.24, 2.45) is 5.92 Å². The molecule has 0 radical (unpaired) electrons. The van der Waals surface area contributed by atoms with Crippen LogP contribution in [-0.2, 0) is 0 Å². The van der Waals surface area contributed by atoms with E-state index in [1.54, 1.807) is 0 Å². The van der Waals surface area contributed by atoms with E-state index in [0.717, 1.165) is 12.5 Å². The monoisotopic (exact) mass is 184 g/mol. The van der Waals surface area contributed by atoms with Crippen molar-refractivity contribution < 1.29 is 0 Å². The molecule has 1 aliphatic rings. The summed E-state index contributed by atoms with van der Waals surface area (Å²) in [5.41, 5.74) is 0. The Kier molecular flexibility index (Phi) is 5.40. The molecule has 2 nitrogen and oxygen atoms in total. The summed E-state index contributed by atoms with van der Waals surface area (Å²) < 4.78 is 0. The third-order valence-corrected chi connectivity index (χ3v) is 2.83. The van der Waals surface area contributed by atoms with Gasteiger partial charge in [0.2, 0.25) is 0 Å². The maximum absolute atomic E-state index is 3.45. The molecule has 1 heterocycles. The topological polar surface area (TPSA) is 15.3 Å². The van der Waals surface area contributed by atoms with E-state index in [2.05, 4.69) is 24.1 Å². The smallest absolute Gasteiger partial charge is 0.00218 e. The van der Waals surface area contributed by atoms with Crippen molar-refractivity contribution in [2.75, 3.05) is 32.7 Å². The first-order valence-electron chi connectivity index (χ1n) is 5.79. The summed E-state index contributed by atoms with van der Waals surface area (Å²) >= 11 is 0. The Morgan fingerprint density at radius 1 is 1.38 bits per heavy atom. The largest absolute Gasteiger partial charge is 0.317 e. The van der Waals surface area contributed by atoms with Crippen LogP contribution in [0.2, 0.25) is 0 Å². The molecule has 0 aromatic heterocycles. The first kappa shape index (κ1) is 11.0. The third-order valence-electron chi connectivity index (χ3n) is 2.83. The van der Waals surface area contributed by atoms with Crippen LogP contribution in [0.1, 0.15) is 33.1 Å². The van der Waals surface area contributed by atoms with Crippen molar-refractivity contribution in [3.63, 3.8) is 0 Å². The summed E-state index contributed by atoms with van der Waals surface area (Å²) in [6, 6.07) is 0. The molecule has 0 aromatic rings. The van der Waals surface area contributed by atoms with E-state index in [1.165, 1.54) is 45.4 Å². The molecule has 1 aliphatic heterocycles. The Morgan fingerprint density at radius 3 is 2.92 bits per heavy atom. The van der Waals surface area contributed by atoms with Gasteiger partial charge in [0.05, 0.1) is 0 Å². The summed E-state index contributed by atoms with van der Waals surface area (Å²) in [7, 11) is 0. The number of nitrogens with zero attached hydrogens (tertiary/aromatic N) is 1. The molecule has 1 unspecified atom stereocenters. The highest BCUT2D eigenvalue weighted by molar-refractivity contribution is 4.73. The van der Waals surface area contributed by atoms with E-state index in [4.69, 9.17) is 0 Å². The van der Waals surface area contributed by atoms with Crippen molar-refractivity contribution in [2.45, 2.75) is 33.1 Å². The van der Waals surface area contributed by atoms with Crippen molar-refractivity contribution in [3.05, 3.63) is 0 Å². The number of likely N-dealkylation sites (tertiary alicyclic amines) is 1. The predicted molar refractivity (Wildman–Crippen MR) is 58.0 cm³/mol. The van der Waals surface area contributed by atoms with Gasteiger partial charge in [-0.15, -0.1) is 0 Å². The molecule has 78 valence electrons. The number of hydrogen-bond acceptors (Lipinski definition) is 2. The van der Waals surface area contributed by atoms with E-state index >= 15 is 0 Å². The highest BCUT2D eigenvalue weighted by Gasteiger charge is 2.18. The highest BCUT2D eigenvalue weighted by Crippen LogP contribution is 2.15. The fraction of sp³-hybridized carbons (Fsp3) is 1.00. The molecular weight excluding hydrogens is 160 g/mol. The Labute approximate surface area is 82.7 Å². The minimum absolute atomic E-state index is 0.903. The van der Waals surface area contributed by atoms with Gasteiger partial charge in [-0.2, -0.15) is 0 Å². The second-order valence-corrected chi connectivity index (χ2v) is 4.12. The Bertz CT molecular complexity index is 123. The molecule has 1 fully saturated rings. The minimum Gasteiger partial charge on any atom is -0.317 e. The Hall–Kier alpha value is -0.0800. The lowest BCUT2D eigenvalue weighted by Gasteiger charge is -2.32. The van der Waals surface area contributed by atoms with Crippen LogP contribution < -0.4 is 5.32 Å².